The highest BCUT2D eigenvalue weighted by molar-refractivity contribution is 5.88. The summed E-state index contributed by atoms with van der Waals surface area (Å²) in [6, 6.07) is 7.82. The third-order valence-corrected chi connectivity index (χ3v) is 4.05. The molecule has 0 bridgehead atoms. The molecular formula is C17H25N3O3. The first-order chi connectivity index (χ1) is 11.2. The largest absolute Gasteiger partial charge is 0.461 e. The van der Waals surface area contributed by atoms with E-state index in [2.05, 4.69) is 17.6 Å². The van der Waals surface area contributed by atoms with Gasteiger partial charge >= 0.3 is 5.97 Å². The Kier molecular flexibility index (Phi) is 6.29. The fraction of sp³-hybridized carbons (Fsp3) is 0.471. The van der Waals surface area contributed by atoms with Crippen LogP contribution in [0, 0.1) is 0 Å². The summed E-state index contributed by atoms with van der Waals surface area (Å²) in [5, 5.41) is 0. The zero-order chi connectivity index (χ0) is 16.7. The third-order valence-electron chi connectivity index (χ3n) is 4.05. The van der Waals surface area contributed by atoms with E-state index < -0.39 is 5.97 Å². The Hall–Kier alpha value is -2.21. The summed E-state index contributed by atoms with van der Waals surface area (Å²) in [5.74, 6) is 5.74. The van der Waals surface area contributed by atoms with E-state index in [1.165, 1.54) is 37.7 Å². The lowest BCUT2D eigenvalue weighted by molar-refractivity contribution is -0.139. The van der Waals surface area contributed by atoms with E-state index in [0.717, 1.165) is 0 Å². The number of carbonyl (C=O) groups excluding carboxylic acids is 1. The Bertz CT molecular complexity index is 549. The van der Waals surface area contributed by atoms with Crippen molar-refractivity contribution in [3.63, 3.8) is 0 Å². The molecule has 1 aromatic carbocycles. The molecule has 2 rings (SSSR count). The Balaban J connectivity index is 2.05. The van der Waals surface area contributed by atoms with E-state index in [0.29, 0.717) is 11.7 Å². The molecule has 0 aromatic heterocycles. The van der Waals surface area contributed by atoms with Crippen LogP contribution < -0.4 is 21.7 Å². The molecule has 1 saturated carbocycles. The number of esters is 1. The molecule has 1 fully saturated rings. The van der Waals surface area contributed by atoms with E-state index in [9.17, 15) is 4.79 Å². The maximum atomic E-state index is 11.7. The van der Waals surface area contributed by atoms with Crippen molar-refractivity contribution in [1.29, 1.82) is 0 Å². The van der Waals surface area contributed by atoms with Crippen LogP contribution in [0.4, 0.5) is 0 Å². The van der Waals surface area contributed by atoms with Gasteiger partial charge in [0.25, 0.3) is 0 Å². The predicted molar refractivity (Wildman–Crippen MR) is 88.1 cm³/mol. The zero-order valence-corrected chi connectivity index (χ0v) is 13.5. The number of hydrogen-bond donors (Lipinski definition) is 3. The number of nitrogens with two attached hydrogens (primary N) is 2. The summed E-state index contributed by atoms with van der Waals surface area (Å²) in [7, 11) is 0. The van der Waals surface area contributed by atoms with Crippen molar-refractivity contribution in [2.45, 2.75) is 44.9 Å². The first-order valence-corrected chi connectivity index (χ1v) is 8.07. The molecule has 1 aliphatic carbocycles. The van der Waals surface area contributed by atoms with Gasteiger partial charge in [0.15, 0.2) is 5.70 Å². The van der Waals surface area contributed by atoms with Crippen molar-refractivity contribution >= 4 is 5.97 Å². The third kappa shape index (κ3) is 4.63. The normalized spacial score (nSPS) is 16.4. The highest BCUT2D eigenvalue weighted by atomic mass is 16.5. The molecule has 0 heterocycles. The summed E-state index contributed by atoms with van der Waals surface area (Å²) >= 11 is 0. The summed E-state index contributed by atoms with van der Waals surface area (Å²) in [6.45, 7) is 1.93. The molecule has 0 unspecified atom stereocenters. The molecule has 0 amide bonds. The van der Waals surface area contributed by atoms with Crippen LogP contribution in [0.25, 0.3) is 0 Å². The average molecular weight is 319 g/mol. The van der Waals surface area contributed by atoms with Crippen molar-refractivity contribution in [3.05, 3.63) is 41.4 Å². The van der Waals surface area contributed by atoms with Gasteiger partial charge in [0, 0.05) is 0 Å². The van der Waals surface area contributed by atoms with E-state index in [1.54, 1.807) is 6.92 Å². The van der Waals surface area contributed by atoms with Crippen LogP contribution in [0.3, 0.4) is 0 Å². The van der Waals surface area contributed by atoms with Gasteiger partial charge in [-0.25, -0.2) is 4.79 Å². The molecule has 1 aliphatic rings. The van der Waals surface area contributed by atoms with Gasteiger partial charge in [-0.05, 0) is 43.4 Å². The molecule has 1 aromatic rings. The van der Waals surface area contributed by atoms with Crippen LogP contribution in [0.2, 0.25) is 0 Å². The number of nitrogens with one attached hydrogen (secondary N) is 1. The summed E-state index contributed by atoms with van der Waals surface area (Å²) in [5.41, 5.74) is 9.24. The minimum atomic E-state index is -0.647. The second-order valence-corrected chi connectivity index (χ2v) is 5.61. The highest BCUT2D eigenvalue weighted by Gasteiger charge is 2.17. The lowest BCUT2D eigenvalue weighted by Gasteiger charge is -2.22. The Labute approximate surface area is 136 Å². The van der Waals surface area contributed by atoms with Crippen molar-refractivity contribution in [1.82, 2.24) is 5.43 Å². The molecular weight excluding hydrogens is 294 g/mol. The van der Waals surface area contributed by atoms with Gasteiger partial charge in [0.1, 0.15) is 5.75 Å². The van der Waals surface area contributed by atoms with Gasteiger partial charge in [-0.15, -0.1) is 0 Å². The number of rotatable bonds is 6. The van der Waals surface area contributed by atoms with Gasteiger partial charge in [0.2, 0.25) is 5.88 Å². The van der Waals surface area contributed by atoms with Gasteiger partial charge in [-0.2, -0.15) is 0 Å². The quantitative estimate of drug-likeness (QED) is 0.244. The standard InChI is InChI=1S/C17H25N3O3/c1-2-22-17(21)15(20-19)16(18)23-14-10-8-13(9-11-14)12-6-4-3-5-7-12/h8-12,20H,2-7,18-19H2,1H3/b16-15+. The van der Waals surface area contributed by atoms with Gasteiger partial charge in [-0.1, -0.05) is 31.4 Å². The number of carbonyl (C=O) groups is 1. The molecule has 0 aliphatic heterocycles. The fourth-order valence-corrected chi connectivity index (χ4v) is 2.86. The lowest BCUT2D eigenvalue weighted by Crippen LogP contribution is -2.32. The Morgan fingerprint density at radius 1 is 1.22 bits per heavy atom. The highest BCUT2D eigenvalue weighted by Crippen LogP contribution is 2.33. The summed E-state index contributed by atoms with van der Waals surface area (Å²) in [6.07, 6.45) is 6.41. The van der Waals surface area contributed by atoms with E-state index in [4.69, 9.17) is 21.1 Å². The SMILES string of the molecule is CCOC(=O)/C(NN)=C(/N)Oc1ccc(C2CCCCC2)cc1. The number of benzene rings is 1. The molecule has 0 atom stereocenters. The first kappa shape index (κ1) is 17.1. The average Bonchev–Trinajstić information content (AvgIpc) is 2.57. The molecule has 23 heavy (non-hydrogen) atoms. The molecule has 0 spiro atoms. The summed E-state index contributed by atoms with van der Waals surface area (Å²) in [4.78, 5) is 11.7. The van der Waals surface area contributed by atoms with E-state index >= 15 is 0 Å². The zero-order valence-electron chi connectivity index (χ0n) is 13.5. The topological polar surface area (TPSA) is 99.6 Å². The second kappa shape index (κ2) is 8.43. The Morgan fingerprint density at radius 3 is 2.43 bits per heavy atom. The summed E-state index contributed by atoms with van der Waals surface area (Å²) < 4.78 is 10.3. The van der Waals surface area contributed by atoms with Gasteiger partial charge in [-0.3, -0.25) is 5.84 Å². The maximum Gasteiger partial charge on any atom is 0.361 e. The Morgan fingerprint density at radius 2 is 1.87 bits per heavy atom. The van der Waals surface area contributed by atoms with Gasteiger partial charge in [0.05, 0.1) is 6.61 Å². The van der Waals surface area contributed by atoms with Crippen molar-refractivity contribution in [2.75, 3.05) is 6.61 Å². The first-order valence-electron chi connectivity index (χ1n) is 8.07. The minimum absolute atomic E-state index is 0.0943. The smallest absolute Gasteiger partial charge is 0.361 e. The van der Waals surface area contributed by atoms with E-state index in [1.807, 2.05) is 12.1 Å². The maximum absolute atomic E-state index is 11.7. The molecule has 126 valence electrons. The van der Waals surface area contributed by atoms with Crippen LogP contribution >= 0.6 is 0 Å². The van der Waals surface area contributed by atoms with Crippen molar-refractivity contribution < 1.29 is 14.3 Å². The van der Waals surface area contributed by atoms with Gasteiger partial charge < -0.3 is 20.6 Å². The molecule has 6 nitrogen and oxygen atoms in total. The van der Waals surface area contributed by atoms with E-state index in [-0.39, 0.29) is 18.2 Å². The molecule has 6 heteroatoms. The molecule has 0 saturated heterocycles. The van der Waals surface area contributed by atoms with Crippen LogP contribution in [0.15, 0.2) is 35.8 Å². The minimum Gasteiger partial charge on any atom is -0.461 e. The van der Waals surface area contributed by atoms with Crippen LogP contribution in [-0.4, -0.2) is 12.6 Å². The van der Waals surface area contributed by atoms with Crippen LogP contribution in [0.1, 0.15) is 50.5 Å². The lowest BCUT2D eigenvalue weighted by atomic mass is 9.84. The van der Waals surface area contributed by atoms with Crippen molar-refractivity contribution in [2.24, 2.45) is 11.6 Å². The monoisotopic (exact) mass is 319 g/mol. The second-order valence-electron chi connectivity index (χ2n) is 5.61. The number of hydrazine groups is 1. The molecule has 5 N–H and O–H groups in total. The van der Waals surface area contributed by atoms with Crippen molar-refractivity contribution in [3.8, 4) is 5.75 Å². The predicted octanol–water partition coefficient (Wildman–Crippen LogP) is 2.27. The fourth-order valence-electron chi connectivity index (χ4n) is 2.86. The van der Waals surface area contributed by atoms with Crippen LogP contribution in [0.5, 0.6) is 5.75 Å². The van der Waals surface area contributed by atoms with Crippen LogP contribution in [-0.2, 0) is 9.53 Å². The molecule has 0 radical (unpaired) electrons. The number of ether oxygens (including phenoxy) is 2. The number of hydrogen-bond acceptors (Lipinski definition) is 6.